The molecule has 1 aromatic carbocycles. The maximum absolute atomic E-state index is 12.5. The molecule has 0 amide bonds. The second kappa shape index (κ2) is 7.18. The number of Topliss-reactive ketones (excluding diaryl/α,β-unsaturated/α-hetero) is 1. The average Bonchev–Trinajstić information content (AvgIpc) is 2.49. The van der Waals surface area contributed by atoms with Crippen LogP contribution in [0, 0.1) is 6.92 Å². The van der Waals surface area contributed by atoms with Gasteiger partial charge in [0.25, 0.3) is 0 Å². The zero-order valence-corrected chi connectivity index (χ0v) is 12.8. The molecular weight excluding hydrogens is 288 g/mol. The minimum Gasteiger partial charge on any atom is -0.482 e. The second-order valence-electron chi connectivity index (χ2n) is 4.76. The van der Waals surface area contributed by atoms with Gasteiger partial charge in [-0.15, -0.1) is 0 Å². The van der Waals surface area contributed by atoms with Gasteiger partial charge in [0.2, 0.25) is 5.78 Å². The smallest absolute Gasteiger partial charge is 0.223 e. The fraction of sp³-hybridized carbons (Fsp3) is 0.312. The molecule has 0 saturated heterocycles. The van der Waals surface area contributed by atoms with Crippen molar-refractivity contribution in [2.24, 2.45) is 0 Å². The number of ether oxygens (including phenoxy) is 1. The van der Waals surface area contributed by atoms with Crippen LogP contribution in [0.2, 0.25) is 5.02 Å². The van der Waals surface area contributed by atoms with Crippen LogP contribution in [0.25, 0.3) is 0 Å². The molecule has 0 spiro atoms. The standard InChI is InChI=1S/C16H17ClN2O2/c1-3-4-15(16(20)13-10-18-7-8-19-13)21-14-6-5-12(17)9-11(14)2/h5-10,15H,3-4H2,1-2H3. The van der Waals surface area contributed by atoms with Crippen molar-refractivity contribution in [1.82, 2.24) is 9.97 Å². The molecule has 2 aromatic rings. The highest BCUT2D eigenvalue weighted by Crippen LogP contribution is 2.24. The summed E-state index contributed by atoms with van der Waals surface area (Å²) in [6.07, 6.45) is 5.40. The molecule has 1 atom stereocenters. The molecule has 0 saturated carbocycles. The molecule has 1 aromatic heterocycles. The molecule has 0 fully saturated rings. The first kappa shape index (κ1) is 15.4. The van der Waals surface area contributed by atoms with Crippen LogP contribution in [0.3, 0.4) is 0 Å². The molecule has 0 radical (unpaired) electrons. The van der Waals surface area contributed by atoms with E-state index in [9.17, 15) is 4.79 Å². The van der Waals surface area contributed by atoms with E-state index < -0.39 is 6.10 Å². The zero-order chi connectivity index (χ0) is 15.2. The normalized spacial score (nSPS) is 12.0. The number of aryl methyl sites for hydroxylation is 1. The third-order valence-corrected chi connectivity index (χ3v) is 3.30. The summed E-state index contributed by atoms with van der Waals surface area (Å²) >= 11 is 5.93. The van der Waals surface area contributed by atoms with Crippen molar-refractivity contribution < 1.29 is 9.53 Å². The Labute approximate surface area is 129 Å². The van der Waals surface area contributed by atoms with Crippen LogP contribution in [0.4, 0.5) is 0 Å². The van der Waals surface area contributed by atoms with Crippen LogP contribution in [0.5, 0.6) is 5.75 Å². The van der Waals surface area contributed by atoms with Crippen molar-refractivity contribution in [3.63, 3.8) is 0 Å². The SMILES string of the molecule is CCCC(Oc1ccc(Cl)cc1C)C(=O)c1cnccn1. The summed E-state index contributed by atoms with van der Waals surface area (Å²) in [5, 5.41) is 0.646. The Hall–Kier alpha value is -1.94. The van der Waals surface area contributed by atoms with Crippen molar-refractivity contribution >= 4 is 17.4 Å². The molecule has 2 rings (SSSR count). The number of carbonyl (C=O) groups is 1. The summed E-state index contributed by atoms with van der Waals surface area (Å²) in [4.78, 5) is 20.4. The number of aromatic nitrogens is 2. The van der Waals surface area contributed by atoms with E-state index in [1.165, 1.54) is 18.6 Å². The fourth-order valence-electron chi connectivity index (χ4n) is 2.00. The van der Waals surface area contributed by atoms with Crippen molar-refractivity contribution in [2.45, 2.75) is 32.8 Å². The predicted octanol–water partition coefficient (Wildman–Crippen LogP) is 3.87. The molecule has 1 unspecified atom stereocenters. The Bertz CT molecular complexity index is 617. The van der Waals surface area contributed by atoms with E-state index in [0.29, 0.717) is 22.9 Å². The predicted molar refractivity (Wildman–Crippen MR) is 81.9 cm³/mol. The highest BCUT2D eigenvalue weighted by Gasteiger charge is 2.23. The molecule has 0 aliphatic heterocycles. The van der Waals surface area contributed by atoms with Gasteiger partial charge in [-0.05, 0) is 37.1 Å². The van der Waals surface area contributed by atoms with Crippen LogP contribution >= 0.6 is 11.6 Å². The van der Waals surface area contributed by atoms with Gasteiger partial charge in [-0.1, -0.05) is 24.9 Å². The molecule has 110 valence electrons. The molecule has 1 heterocycles. The molecule has 0 aliphatic carbocycles. The highest BCUT2D eigenvalue weighted by atomic mass is 35.5. The Morgan fingerprint density at radius 1 is 1.38 bits per heavy atom. The van der Waals surface area contributed by atoms with Gasteiger partial charge in [-0.3, -0.25) is 9.78 Å². The Balaban J connectivity index is 2.21. The summed E-state index contributed by atoms with van der Waals surface area (Å²) in [6.45, 7) is 3.91. The van der Waals surface area contributed by atoms with Gasteiger partial charge in [0.05, 0.1) is 6.20 Å². The number of ketones is 1. The van der Waals surface area contributed by atoms with E-state index in [4.69, 9.17) is 16.3 Å². The summed E-state index contributed by atoms with van der Waals surface area (Å²) in [5.74, 6) is 0.509. The lowest BCUT2D eigenvalue weighted by molar-refractivity contribution is 0.0770. The number of nitrogens with zero attached hydrogens (tertiary/aromatic N) is 2. The number of carbonyl (C=O) groups excluding carboxylic acids is 1. The lowest BCUT2D eigenvalue weighted by Gasteiger charge is -2.18. The first-order valence-electron chi connectivity index (χ1n) is 6.85. The number of rotatable bonds is 6. The molecule has 4 nitrogen and oxygen atoms in total. The average molecular weight is 305 g/mol. The first-order chi connectivity index (χ1) is 10.1. The molecule has 0 bridgehead atoms. The van der Waals surface area contributed by atoms with Gasteiger partial charge in [0, 0.05) is 17.4 Å². The number of hydrogen-bond donors (Lipinski definition) is 0. The summed E-state index contributed by atoms with van der Waals surface area (Å²) in [6, 6.07) is 5.34. The molecule has 21 heavy (non-hydrogen) atoms. The van der Waals surface area contributed by atoms with Gasteiger partial charge < -0.3 is 4.74 Å². The van der Waals surface area contributed by atoms with Crippen molar-refractivity contribution in [1.29, 1.82) is 0 Å². The van der Waals surface area contributed by atoms with Crippen LogP contribution in [-0.4, -0.2) is 21.9 Å². The van der Waals surface area contributed by atoms with E-state index in [0.717, 1.165) is 12.0 Å². The quantitative estimate of drug-likeness (QED) is 0.760. The minimum atomic E-state index is -0.563. The minimum absolute atomic E-state index is 0.153. The molecule has 5 heteroatoms. The molecule has 0 aliphatic rings. The van der Waals surface area contributed by atoms with E-state index in [-0.39, 0.29) is 5.78 Å². The first-order valence-corrected chi connectivity index (χ1v) is 7.22. The number of benzene rings is 1. The lowest BCUT2D eigenvalue weighted by atomic mass is 10.1. The summed E-state index contributed by atoms with van der Waals surface area (Å²) in [7, 11) is 0. The fourth-order valence-corrected chi connectivity index (χ4v) is 2.22. The zero-order valence-electron chi connectivity index (χ0n) is 12.0. The number of hydrogen-bond acceptors (Lipinski definition) is 4. The van der Waals surface area contributed by atoms with Gasteiger partial charge in [0.15, 0.2) is 6.10 Å². The van der Waals surface area contributed by atoms with Gasteiger partial charge >= 0.3 is 0 Å². The highest BCUT2D eigenvalue weighted by molar-refractivity contribution is 6.30. The summed E-state index contributed by atoms with van der Waals surface area (Å²) in [5.41, 5.74) is 1.22. The van der Waals surface area contributed by atoms with Crippen molar-refractivity contribution in [3.8, 4) is 5.75 Å². The Morgan fingerprint density at radius 3 is 2.81 bits per heavy atom. The van der Waals surface area contributed by atoms with Crippen LogP contribution in [0.15, 0.2) is 36.8 Å². The third-order valence-electron chi connectivity index (χ3n) is 3.07. The van der Waals surface area contributed by atoms with E-state index in [1.807, 2.05) is 19.9 Å². The third kappa shape index (κ3) is 4.02. The van der Waals surface area contributed by atoms with Crippen LogP contribution < -0.4 is 4.74 Å². The Kier molecular flexibility index (Phi) is 5.28. The van der Waals surface area contributed by atoms with Crippen molar-refractivity contribution in [2.75, 3.05) is 0 Å². The van der Waals surface area contributed by atoms with E-state index in [2.05, 4.69) is 9.97 Å². The monoisotopic (exact) mass is 304 g/mol. The number of halogens is 1. The van der Waals surface area contributed by atoms with Crippen molar-refractivity contribution in [3.05, 3.63) is 53.1 Å². The van der Waals surface area contributed by atoms with E-state index >= 15 is 0 Å². The Morgan fingerprint density at radius 2 is 2.19 bits per heavy atom. The largest absolute Gasteiger partial charge is 0.482 e. The molecular formula is C16H17ClN2O2. The van der Waals surface area contributed by atoms with Crippen LogP contribution in [0.1, 0.15) is 35.8 Å². The maximum Gasteiger partial charge on any atom is 0.223 e. The maximum atomic E-state index is 12.5. The second-order valence-corrected chi connectivity index (χ2v) is 5.20. The van der Waals surface area contributed by atoms with E-state index in [1.54, 1.807) is 12.1 Å². The lowest BCUT2D eigenvalue weighted by Crippen LogP contribution is -2.28. The van der Waals surface area contributed by atoms with Gasteiger partial charge in [-0.25, -0.2) is 4.98 Å². The summed E-state index contributed by atoms with van der Waals surface area (Å²) < 4.78 is 5.88. The van der Waals surface area contributed by atoms with Crippen LogP contribution in [-0.2, 0) is 0 Å². The topological polar surface area (TPSA) is 52.1 Å². The van der Waals surface area contributed by atoms with Gasteiger partial charge in [-0.2, -0.15) is 0 Å². The molecule has 0 N–H and O–H groups in total. The van der Waals surface area contributed by atoms with Gasteiger partial charge in [0.1, 0.15) is 11.4 Å².